The zero-order valence-corrected chi connectivity index (χ0v) is 9.60. The van der Waals surface area contributed by atoms with E-state index in [2.05, 4.69) is 0 Å². The smallest absolute Gasteiger partial charge is 0.160 e. The number of benzene rings is 2. The van der Waals surface area contributed by atoms with E-state index in [0.717, 1.165) is 12.1 Å². The summed E-state index contributed by atoms with van der Waals surface area (Å²) in [6.45, 7) is 0. The number of hydrogen-bond donors (Lipinski definition) is 0. The molecule has 0 aromatic heterocycles. The van der Waals surface area contributed by atoms with Crippen LogP contribution in [0.2, 0.25) is 5.02 Å². The summed E-state index contributed by atoms with van der Waals surface area (Å²) in [5, 5.41) is 8.71. The van der Waals surface area contributed by atoms with Crippen LogP contribution < -0.4 is 0 Å². The maximum Gasteiger partial charge on any atom is 0.160 e. The Kier molecular flexibility index (Phi) is 3.26. The molecule has 0 bridgehead atoms. The highest BCUT2D eigenvalue weighted by Crippen LogP contribution is 2.31. The van der Waals surface area contributed by atoms with Crippen molar-refractivity contribution >= 4 is 11.6 Å². The lowest BCUT2D eigenvalue weighted by Crippen LogP contribution is -1.94. The van der Waals surface area contributed by atoms with Crippen LogP contribution in [0, 0.1) is 28.8 Å². The molecular weight excluding hydrogens is 263 g/mol. The summed E-state index contributed by atoms with van der Waals surface area (Å²) in [6, 6.07) is 7.33. The van der Waals surface area contributed by atoms with Gasteiger partial charge in [0.05, 0.1) is 16.7 Å². The minimum Gasteiger partial charge on any atom is -0.205 e. The Morgan fingerprint density at radius 1 is 1.00 bits per heavy atom. The summed E-state index contributed by atoms with van der Waals surface area (Å²) in [7, 11) is 0. The molecule has 0 saturated heterocycles. The lowest BCUT2D eigenvalue weighted by Gasteiger charge is -2.07. The average Bonchev–Trinajstić information content (AvgIpc) is 2.36. The third-order valence-electron chi connectivity index (χ3n) is 2.42. The number of rotatable bonds is 1. The van der Waals surface area contributed by atoms with Gasteiger partial charge in [0.15, 0.2) is 11.6 Å². The third kappa shape index (κ3) is 2.05. The molecule has 0 aliphatic rings. The molecular formula is C13H5ClF3N. The van der Waals surface area contributed by atoms with Gasteiger partial charge >= 0.3 is 0 Å². The van der Waals surface area contributed by atoms with Crippen molar-refractivity contribution in [3.8, 4) is 17.2 Å². The van der Waals surface area contributed by atoms with Crippen LogP contribution >= 0.6 is 11.6 Å². The molecule has 0 radical (unpaired) electrons. The molecule has 0 heterocycles. The van der Waals surface area contributed by atoms with Crippen LogP contribution in [0.15, 0.2) is 30.3 Å². The van der Waals surface area contributed by atoms with E-state index in [1.807, 2.05) is 0 Å². The molecule has 0 spiro atoms. The molecule has 2 rings (SSSR count). The minimum atomic E-state index is -1.15. The second-order valence-corrected chi connectivity index (χ2v) is 3.93. The first-order chi connectivity index (χ1) is 8.54. The molecule has 0 fully saturated rings. The van der Waals surface area contributed by atoms with Gasteiger partial charge in [-0.25, -0.2) is 13.2 Å². The van der Waals surface area contributed by atoms with E-state index in [9.17, 15) is 13.2 Å². The number of hydrogen-bond acceptors (Lipinski definition) is 1. The van der Waals surface area contributed by atoms with E-state index in [-0.39, 0.29) is 21.7 Å². The number of nitriles is 1. The van der Waals surface area contributed by atoms with Crippen LogP contribution in [0.5, 0.6) is 0 Å². The maximum atomic E-state index is 13.8. The number of nitrogens with zero attached hydrogens (tertiary/aromatic N) is 1. The monoisotopic (exact) mass is 267 g/mol. The summed E-state index contributed by atoms with van der Waals surface area (Å²) in [6.07, 6.45) is 0. The average molecular weight is 268 g/mol. The molecule has 2 aromatic carbocycles. The van der Waals surface area contributed by atoms with Crippen LogP contribution in [-0.2, 0) is 0 Å². The van der Waals surface area contributed by atoms with Gasteiger partial charge in [-0.05, 0) is 18.2 Å². The van der Waals surface area contributed by atoms with Crippen LogP contribution in [0.4, 0.5) is 13.2 Å². The van der Waals surface area contributed by atoms with E-state index in [1.165, 1.54) is 18.2 Å². The fraction of sp³-hybridized carbons (Fsp3) is 0. The van der Waals surface area contributed by atoms with E-state index in [0.29, 0.717) is 0 Å². The minimum absolute atomic E-state index is 0.0311. The Hall–Kier alpha value is -1.99. The molecule has 18 heavy (non-hydrogen) atoms. The Balaban J connectivity index is 2.75. The van der Waals surface area contributed by atoms with Gasteiger partial charge in [-0.3, -0.25) is 0 Å². The van der Waals surface area contributed by atoms with E-state index < -0.39 is 17.5 Å². The Bertz CT molecular complexity index is 662. The zero-order valence-electron chi connectivity index (χ0n) is 8.85. The largest absolute Gasteiger partial charge is 0.205 e. The van der Waals surface area contributed by atoms with Gasteiger partial charge in [0.25, 0.3) is 0 Å². The summed E-state index contributed by atoms with van der Waals surface area (Å²) in [5.41, 5.74) is -0.232. The quantitative estimate of drug-likeness (QED) is 0.756. The normalized spacial score (nSPS) is 10.2. The van der Waals surface area contributed by atoms with E-state index in [4.69, 9.17) is 16.9 Å². The molecule has 0 aliphatic carbocycles. The number of halogens is 4. The van der Waals surface area contributed by atoms with Crippen molar-refractivity contribution in [1.82, 2.24) is 0 Å². The molecule has 90 valence electrons. The van der Waals surface area contributed by atoms with Crippen molar-refractivity contribution in [2.75, 3.05) is 0 Å². The fourth-order valence-electron chi connectivity index (χ4n) is 1.57. The molecule has 0 saturated carbocycles. The third-order valence-corrected chi connectivity index (χ3v) is 2.71. The van der Waals surface area contributed by atoms with Crippen LogP contribution in [0.3, 0.4) is 0 Å². The van der Waals surface area contributed by atoms with Crippen molar-refractivity contribution in [2.24, 2.45) is 0 Å². The van der Waals surface area contributed by atoms with Crippen molar-refractivity contribution in [1.29, 1.82) is 5.26 Å². The Labute approximate surface area is 106 Å². The highest BCUT2D eigenvalue weighted by molar-refractivity contribution is 6.31. The Morgan fingerprint density at radius 2 is 1.67 bits per heavy atom. The topological polar surface area (TPSA) is 23.8 Å². The lowest BCUT2D eigenvalue weighted by atomic mass is 9.99. The molecule has 0 atom stereocenters. The summed E-state index contributed by atoms with van der Waals surface area (Å²) < 4.78 is 39.9. The van der Waals surface area contributed by atoms with Gasteiger partial charge in [0, 0.05) is 11.1 Å². The summed E-state index contributed by atoms with van der Waals surface area (Å²) in [5.74, 6) is -3.08. The first-order valence-corrected chi connectivity index (χ1v) is 5.26. The summed E-state index contributed by atoms with van der Waals surface area (Å²) >= 11 is 5.60. The molecule has 0 unspecified atom stereocenters. The molecule has 0 aliphatic heterocycles. The van der Waals surface area contributed by atoms with Crippen molar-refractivity contribution < 1.29 is 13.2 Å². The molecule has 5 heteroatoms. The summed E-state index contributed by atoms with van der Waals surface area (Å²) in [4.78, 5) is 0. The van der Waals surface area contributed by atoms with Gasteiger partial charge in [0.2, 0.25) is 0 Å². The standard InChI is InChI=1S/C13H5ClF3N/c14-10-3-1-2-8(13(10)17)9-5-12(16)11(15)4-7(9)6-18/h1-5H. The first kappa shape index (κ1) is 12.5. The van der Waals surface area contributed by atoms with Gasteiger partial charge < -0.3 is 0 Å². The van der Waals surface area contributed by atoms with Crippen LogP contribution in [0.25, 0.3) is 11.1 Å². The predicted molar refractivity (Wildman–Crippen MR) is 61.5 cm³/mol. The van der Waals surface area contributed by atoms with Gasteiger partial charge in [-0.2, -0.15) is 5.26 Å². The van der Waals surface area contributed by atoms with Crippen molar-refractivity contribution in [2.45, 2.75) is 0 Å². The van der Waals surface area contributed by atoms with Gasteiger partial charge in [-0.1, -0.05) is 23.7 Å². The molecule has 1 nitrogen and oxygen atoms in total. The fourth-order valence-corrected chi connectivity index (χ4v) is 1.75. The predicted octanol–water partition coefficient (Wildman–Crippen LogP) is 4.30. The maximum absolute atomic E-state index is 13.8. The molecule has 2 aromatic rings. The highest BCUT2D eigenvalue weighted by Gasteiger charge is 2.15. The van der Waals surface area contributed by atoms with Gasteiger partial charge in [0.1, 0.15) is 5.82 Å². The Morgan fingerprint density at radius 3 is 2.33 bits per heavy atom. The zero-order chi connectivity index (χ0) is 13.3. The first-order valence-electron chi connectivity index (χ1n) is 4.88. The van der Waals surface area contributed by atoms with E-state index >= 15 is 0 Å². The van der Waals surface area contributed by atoms with Crippen LogP contribution in [-0.4, -0.2) is 0 Å². The SMILES string of the molecule is N#Cc1cc(F)c(F)cc1-c1cccc(Cl)c1F. The van der Waals surface area contributed by atoms with Gasteiger partial charge in [-0.15, -0.1) is 0 Å². The van der Waals surface area contributed by atoms with Crippen molar-refractivity contribution in [3.63, 3.8) is 0 Å². The highest BCUT2D eigenvalue weighted by atomic mass is 35.5. The second kappa shape index (κ2) is 4.71. The van der Waals surface area contributed by atoms with E-state index in [1.54, 1.807) is 6.07 Å². The van der Waals surface area contributed by atoms with Crippen LogP contribution in [0.1, 0.15) is 5.56 Å². The lowest BCUT2D eigenvalue weighted by molar-refractivity contribution is 0.508. The second-order valence-electron chi connectivity index (χ2n) is 3.53. The molecule has 0 amide bonds. The molecule has 0 N–H and O–H groups in total. The van der Waals surface area contributed by atoms with Crippen molar-refractivity contribution in [3.05, 3.63) is 58.4 Å².